The maximum atomic E-state index is 9.56. The highest BCUT2D eigenvalue weighted by Gasteiger charge is 2.23. The fraction of sp³-hybridized carbons (Fsp3) is 0.600. The minimum Gasteiger partial charge on any atom is -0.454 e. The number of likely N-dealkylation sites (N-methyl/N-ethyl adjacent to an activating group) is 1. The summed E-state index contributed by atoms with van der Waals surface area (Å²) in [5.41, 5.74) is 1.44. The molecule has 22 heavy (non-hydrogen) atoms. The van der Waals surface area contributed by atoms with Crippen LogP contribution >= 0.6 is 0 Å². The van der Waals surface area contributed by atoms with Gasteiger partial charge >= 0.3 is 7.12 Å². The predicted octanol–water partition coefficient (Wildman–Crippen LogP) is -0.725. The average molecular weight is 306 g/mol. The molecule has 2 aliphatic heterocycles. The zero-order chi connectivity index (χ0) is 15.5. The molecule has 0 amide bonds. The molecule has 0 aromatic heterocycles. The van der Waals surface area contributed by atoms with Crippen molar-refractivity contribution in [3.8, 4) is 11.5 Å². The smallest absolute Gasteiger partial charge is 0.454 e. The third-order valence-electron chi connectivity index (χ3n) is 4.43. The van der Waals surface area contributed by atoms with Crippen LogP contribution < -0.4 is 14.9 Å². The molecule has 120 valence electrons. The molecule has 2 N–H and O–H groups in total. The van der Waals surface area contributed by atoms with Crippen molar-refractivity contribution in [1.82, 2.24) is 9.80 Å². The maximum absolute atomic E-state index is 9.56. The fourth-order valence-electron chi connectivity index (χ4n) is 3.02. The summed E-state index contributed by atoms with van der Waals surface area (Å²) in [4.78, 5) is 4.80. The molecule has 0 bridgehead atoms. The van der Waals surface area contributed by atoms with Crippen molar-refractivity contribution >= 4 is 12.6 Å². The van der Waals surface area contributed by atoms with Gasteiger partial charge in [0.15, 0.2) is 11.5 Å². The molecule has 0 unspecified atom stereocenters. The van der Waals surface area contributed by atoms with Crippen LogP contribution in [0.2, 0.25) is 0 Å². The Bertz CT molecular complexity index is 519. The SMILES string of the molecule is CN1CCN(CCCc2cc3c(cc2B(O)O)OCO3)CC1. The van der Waals surface area contributed by atoms with Crippen molar-refractivity contribution in [1.29, 1.82) is 0 Å². The summed E-state index contributed by atoms with van der Waals surface area (Å²) in [6.07, 6.45) is 1.79. The van der Waals surface area contributed by atoms with E-state index in [0.717, 1.165) is 51.1 Å². The van der Waals surface area contributed by atoms with E-state index in [0.29, 0.717) is 17.0 Å². The van der Waals surface area contributed by atoms with Gasteiger partial charge in [0.05, 0.1) is 0 Å². The Balaban J connectivity index is 1.60. The molecule has 0 spiro atoms. The maximum Gasteiger partial charge on any atom is 0.488 e. The molecule has 2 aliphatic rings. The van der Waals surface area contributed by atoms with Crippen LogP contribution in [-0.2, 0) is 6.42 Å². The van der Waals surface area contributed by atoms with Gasteiger partial charge in [-0.15, -0.1) is 0 Å². The predicted molar refractivity (Wildman–Crippen MR) is 84.6 cm³/mol. The Morgan fingerprint density at radius 2 is 1.77 bits per heavy atom. The zero-order valence-electron chi connectivity index (χ0n) is 13.0. The topological polar surface area (TPSA) is 65.4 Å². The van der Waals surface area contributed by atoms with E-state index in [1.807, 2.05) is 6.07 Å². The first-order valence-electron chi connectivity index (χ1n) is 7.83. The summed E-state index contributed by atoms with van der Waals surface area (Å²) >= 11 is 0. The largest absolute Gasteiger partial charge is 0.488 e. The number of piperazine rings is 1. The van der Waals surface area contributed by atoms with Crippen molar-refractivity contribution in [3.63, 3.8) is 0 Å². The Morgan fingerprint density at radius 3 is 2.45 bits per heavy atom. The third kappa shape index (κ3) is 3.55. The Hall–Kier alpha value is -1.28. The lowest BCUT2D eigenvalue weighted by Crippen LogP contribution is -2.44. The van der Waals surface area contributed by atoms with E-state index in [1.165, 1.54) is 0 Å². The average Bonchev–Trinajstić information content (AvgIpc) is 2.95. The van der Waals surface area contributed by atoms with Crippen LogP contribution in [0, 0.1) is 0 Å². The van der Waals surface area contributed by atoms with Crippen LogP contribution in [0.15, 0.2) is 12.1 Å². The first-order chi connectivity index (χ1) is 10.6. The molecular weight excluding hydrogens is 283 g/mol. The van der Waals surface area contributed by atoms with E-state index < -0.39 is 7.12 Å². The highest BCUT2D eigenvalue weighted by atomic mass is 16.7. The van der Waals surface area contributed by atoms with E-state index in [2.05, 4.69) is 16.8 Å². The van der Waals surface area contributed by atoms with E-state index in [-0.39, 0.29) is 6.79 Å². The van der Waals surface area contributed by atoms with Crippen LogP contribution in [0.25, 0.3) is 0 Å². The van der Waals surface area contributed by atoms with Crippen molar-refractivity contribution in [3.05, 3.63) is 17.7 Å². The number of hydrogen-bond acceptors (Lipinski definition) is 6. The number of benzene rings is 1. The number of nitrogens with zero attached hydrogens (tertiary/aromatic N) is 2. The first kappa shape index (κ1) is 15.6. The van der Waals surface area contributed by atoms with Gasteiger partial charge in [-0.1, -0.05) is 0 Å². The molecule has 0 atom stereocenters. The van der Waals surface area contributed by atoms with Crippen molar-refractivity contribution in [2.24, 2.45) is 0 Å². The minimum atomic E-state index is -1.48. The number of ether oxygens (including phenoxy) is 2. The quantitative estimate of drug-likeness (QED) is 0.700. The molecular formula is C15H23BN2O4. The van der Waals surface area contributed by atoms with Gasteiger partial charge in [-0.05, 0) is 49.6 Å². The standard InChI is InChI=1S/C15H23BN2O4/c1-17-5-7-18(8-6-17)4-2-3-12-9-14-15(22-11-21-14)10-13(12)16(19)20/h9-10,19-20H,2-8,11H2,1H3. The van der Waals surface area contributed by atoms with Gasteiger partial charge in [-0.25, -0.2) is 0 Å². The van der Waals surface area contributed by atoms with Crippen LogP contribution in [0.1, 0.15) is 12.0 Å². The summed E-state index contributed by atoms with van der Waals surface area (Å²) in [7, 11) is 0.673. The van der Waals surface area contributed by atoms with Gasteiger partial charge in [-0.3, -0.25) is 0 Å². The van der Waals surface area contributed by atoms with Gasteiger partial charge < -0.3 is 29.3 Å². The third-order valence-corrected chi connectivity index (χ3v) is 4.43. The molecule has 0 aliphatic carbocycles. The van der Waals surface area contributed by atoms with E-state index in [9.17, 15) is 10.0 Å². The number of rotatable bonds is 5. The summed E-state index contributed by atoms with van der Waals surface area (Å²) in [5, 5.41) is 19.1. The Morgan fingerprint density at radius 1 is 1.09 bits per heavy atom. The number of fused-ring (bicyclic) bond motifs is 1. The molecule has 1 saturated heterocycles. The van der Waals surface area contributed by atoms with E-state index in [1.54, 1.807) is 6.07 Å². The van der Waals surface area contributed by atoms with Crippen LogP contribution in [0.4, 0.5) is 0 Å². The Kier molecular flexibility index (Phi) is 4.88. The van der Waals surface area contributed by atoms with Gasteiger partial charge in [0.1, 0.15) is 0 Å². The monoisotopic (exact) mass is 306 g/mol. The molecule has 0 saturated carbocycles. The highest BCUT2D eigenvalue weighted by molar-refractivity contribution is 6.59. The lowest BCUT2D eigenvalue weighted by atomic mass is 9.75. The molecule has 3 rings (SSSR count). The first-order valence-corrected chi connectivity index (χ1v) is 7.83. The van der Waals surface area contributed by atoms with Crippen LogP contribution in [-0.4, -0.2) is 73.5 Å². The van der Waals surface area contributed by atoms with Gasteiger partial charge in [0, 0.05) is 26.2 Å². The molecule has 1 aromatic carbocycles. The van der Waals surface area contributed by atoms with Crippen molar-refractivity contribution < 1.29 is 19.5 Å². The zero-order valence-corrected chi connectivity index (χ0v) is 13.0. The molecule has 1 fully saturated rings. The molecule has 0 radical (unpaired) electrons. The molecule has 7 heteroatoms. The van der Waals surface area contributed by atoms with Crippen molar-refractivity contribution in [2.45, 2.75) is 12.8 Å². The lowest BCUT2D eigenvalue weighted by Gasteiger charge is -2.32. The van der Waals surface area contributed by atoms with Gasteiger partial charge in [-0.2, -0.15) is 0 Å². The van der Waals surface area contributed by atoms with E-state index >= 15 is 0 Å². The Labute approximate surface area is 131 Å². The van der Waals surface area contributed by atoms with Gasteiger partial charge in [0.2, 0.25) is 6.79 Å². The van der Waals surface area contributed by atoms with E-state index in [4.69, 9.17) is 9.47 Å². The second kappa shape index (κ2) is 6.87. The van der Waals surface area contributed by atoms with Gasteiger partial charge in [0.25, 0.3) is 0 Å². The summed E-state index contributed by atoms with van der Waals surface area (Å²) in [5.74, 6) is 1.28. The minimum absolute atomic E-state index is 0.195. The number of hydrogen-bond donors (Lipinski definition) is 2. The highest BCUT2D eigenvalue weighted by Crippen LogP contribution is 2.32. The lowest BCUT2D eigenvalue weighted by molar-refractivity contribution is 0.153. The second-order valence-electron chi connectivity index (χ2n) is 6.03. The second-order valence-corrected chi connectivity index (χ2v) is 6.03. The summed E-state index contributed by atoms with van der Waals surface area (Å²) in [6, 6.07) is 3.55. The molecule has 6 nitrogen and oxygen atoms in total. The van der Waals surface area contributed by atoms with Crippen LogP contribution in [0.5, 0.6) is 11.5 Å². The number of aryl methyl sites for hydroxylation is 1. The normalized spacial score (nSPS) is 18.7. The van der Waals surface area contributed by atoms with Crippen LogP contribution in [0.3, 0.4) is 0 Å². The molecule has 1 aromatic rings. The summed E-state index contributed by atoms with van der Waals surface area (Å²) in [6.45, 7) is 5.67. The van der Waals surface area contributed by atoms with Crippen molar-refractivity contribution in [2.75, 3.05) is 46.6 Å². The molecule has 2 heterocycles. The fourth-order valence-corrected chi connectivity index (χ4v) is 3.02. The summed E-state index contributed by atoms with van der Waals surface area (Å²) < 4.78 is 10.7.